The Kier molecular flexibility index (Phi) is 4.16. The van der Waals surface area contributed by atoms with E-state index in [9.17, 15) is 5.11 Å². The lowest BCUT2D eigenvalue weighted by Gasteiger charge is -2.09. The molecule has 17 heavy (non-hydrogen) atoms. The van der Waals surface area contributed by atoms with Crippen LogP contribution >= 0.6 is 50.5 Å². The maximum absolute atomic E-state index is 10.3. The van der Waals surface area contributed by atoms with Crippen LogP contribution < -0.4 is 0 Å². The molecule has 1 unspecified atom stereocenters. The van der Waals surface area contributed by atoms with Crippen molar-refractivity contribution in [2.24, 2.45) is 0 Å². The summed E-state index contributed by atoms with van der Waals surface area (Å²) in [7, 11) is 0. The van der Waals surface area contributed by atoms with Gasteiger partial charge in [-0.3, -0.25) is 0 Å². The number of aliphatic hydroxyl groups excluding tert-OH is 1. The zero-order chi connectivity index (χ0) is 12.6. The first-order valence-electron chi connectivity index (χ1n) is 4.87. The maximum atomic E-state index is 10.3. The Labute approximate surface area is 122 Å². The van der Waals surface area contributed by atoms with Crippen molar-refractivity contribution in [2.75, 3.05) is 0 Å². The van der Waals surface area contributed by atoms with Crippen molar-refractivity contribution >= 4 is 50.5 Å². The summed E-state index contributed by atoms with van der Waals surface area (Å²) in [6.45, 7) is 1.99. The number of benzene rings is 1. The molecule has 0 bridgehead atoms. The van der Waals surface area contributed by atoms with Crippen LogP contribution in [0, 0.1) is 6.92 Å². The number of aliphatic hydroxyl groups is 1. The highest BCUT2D eigenvalue weighted by Gasteiger charge is 2.15. The van der Waals surface area contributed by atoms with Crippen LogP contribution in [0.1, 0.15) is 22.1 Å². The predicted octanol–water partition coefficient (Wildman–Crippen LogP) is 5.21. The Morgan fingerprint density at radius 3 is 2.24 bits per heavy atom. The molecule has 0 fully saturated rings. The maximum Gasteiger partial charge on any atom is 0.113 e. The quantitative estimate of drug-likeness (QED) is 0.787. The molecule has 1 aromatic carbocycles. The highest BCUT2D eigenvalue weighted by Crippen LogP contribution is 2.35. The molecule has 1 atom stereocenters. The second kappa shape index (κ2) is 5.29. The van der Waals surface area contributed by atoms with Crippen molar-refractivity contribution in [3.05, 3.63) is 54.1 Å². The number of halogens is 3. The van der Waals surface area contributed by atoms with Crippen LogP contribution in [0.5, 0.6) is 0 Å². The van der Waals surface area contributed by atoms with E-state index >= 15 is 0 Å². The van der Waals surface area contributed by atoms with Crippen LogP contribution in [-0.4, -0.2) is 5.11 Å². The van der Waals surface area contributed by atoms with Gasteiger partial charge in [-0.05, 0) is 58.2 Å². The summed E-state index contributed by atoms with van der Waals surface area (Å²) in [5, 5.41) is 11.3. The van der Waals surface area contributed by atoms with Gasteiger partial charge in [0.1, 0.15) is 6.10 Å². The first-order chi connectivity index (χ1) is 7.97. The van der Waals surface area contributed by atoms with Gasteiger partial charge in [-0.15, -0.1) is 11.3 Å². The molecule has 5 heteroatoms. The van der Waals surface area contributed by atoms with Gasteiger partial charge < -0.3 is 5.11 Å². The van der Waals surface area contributed by atoms with E-state index in [0.717, 1.165) is 14.2 Å². The lowest BCUT2D eigenvalue weighted by Crippen LogP contribution is -1.96. The highest BCUT2D eigenvalue weighted by atomic mass is 79.9. The standard InChI is InChI=1S/C12H9BrCl2OS/c1-6-2-10(17-12(6)13)11(16)7-3-8(14)5-9(15)4-7/h2-5,11,16H,1H3. The van der Waals surface area contributed by atoms with Crippen molar-refractivity contribution in [2.45, 2.75) is 13.0 Å². The number of rotatable bonds is 2. The molecule has 0 aliphatic rings. The Hall–Kier alpha value is -0.0600. The third-order valence-electron chi connectivity index (χ3n) is 2.35. The molecule has 0 radical (unpaired) electrons. The van der Waals surface area contributed by atoms with Gasteiger partial charge in [-0.25, -0.2) is 0 Å². The van der Waals surface area contributed by atoms with Crippen molar-refractivity contribution in [3.63, 3.8) is 0 Å². The number of hydrogen-bond donors (Lipinski definition) is 1. The van der Waals surface area contributed by atoms with E-state index < -0.39 is 6.10 Å². The third-order valence-corrected chi connectivity index (χ3v) is 4.97. The topological polar surface area (TPSA) is 20.2 Å². The number of hydrogen-bond acceptors (Lipinski definition) is 2. The fourth-order valence-corrected chi connectivity index (χ4v) is 3.64. The Bertz CT molecular complexity index is 514. The molecule has 1 heterocycles. The monoisotopic (exact) mass is 350 g/mol. The minimum atomic E-state index is -0.693. The molecule has 90 valence electrons. The largest absolute Gasteiger partial charge is 0.383 e. The van der Waals surface area contributed by atoms with E-state index in [0.29, 0.717) is 15.6 Å². The molecule has 1 nitrogen and oxygen atoms in total. The number of aryl methyl sites for hydroxylation is 1. The summed E-state index contributed by atoms with van der Waals surface area (Å²) in [5.74, 6) is 0. The Balaban J connectivity index is 2.39. The molecule has 1 aromatic heterocycles. The van der Waals surface area contributed by atoms with Crippen LogP contribution in [0.4, 0.5) is 0 Å². The average Bonchev–Trinajstić information content (AvgIpc) is 2.57. The Morgan fingerprint density at radius 2 is 1.76 bits per heavy atom. The van der Waals surface area contributed by atoms with Crippen LogP contribution in [0.2, 0.25) is 10.0 Å². The molecule has 2 rings (SSSR count). The molecular weight excluding hydrogens is 343 g/mol. The minimum absolute atomic E-state index is 0.527. The van der Waals surface area contributed by atoms with Gasteiger partial charge >= 0.3 is 0 Å². The first kappa shape index (κ1) is 13.4. The number of thiophene rings is 1. The molecule has 0 aliphatic carbocycles. The van der Waals surface area contributed by atoms with Crippen LogP contribution in [-0.2, 0) is 0 Å². The van der Waals surface area contributed by atoms with E-state index in [4.69, 9.17) is 23.2 Å². The van der Waals surface area contributed by atoms with Crippen LogP contribution in [0.3, 0.4) is 0 Å². The molecule has 0 saturated heterocycles. The first-order valence-corrected chi connectivity index (χ1v) is 7.24. The SMILES string of the molecule is Cc1cc(C(O)c2cc(Cl)cc(Cl)c2)sc1Br. The van der Waals surface area contributed by atoms with Gasteiger partial charge in [0.25, 0.3) is 0 Å². The summed E-state index contributed by atoms with van der Waals surface area (Å²) in [6, 6.07) is 7.05. The molecule has 0 amide bonds. The summed E-state index contributed by atoms with van der Waals surface area (Å²) in [4.78, 5) is 0.868. The van der Waals surface area contributed by atoms with Crippen LogP contribution in [0.25, 0.3) is 0 Å². The third kappa shape index (κ3) is 3.04. The predicted molar refractivity (Wildman–Crippen MR) is 77.3 cm³/mol. The summed E-state index contributed by atoms with van der Waals surface area (Å²) in [6.07, 6.45) is -0.693. The molecule has 0 saturated carbocycles. The second-order valence-corrected chi connectivity index (χ2v) is 6.99. The molecule has 0 spiro atoms. The van der Waals surface area contributed by atoms with Crippen molar-refractivity contribution in [1.82, 2.24) is 0 Å². The smallest absolute Gasteiger partial charge is 0.113 e. The summed E-state index contributed by atoms with van der Waals surface area (Å²) < 4.78 is 1.03. The van der Waals surface area contributed by atoms with E-state index in [2.05, 4.69) is 15.9 Å². The molecular formula is C12H9BrCl2OS. The van der Waals surface area contributed by atoms with Crippen molar-refractivity contribution in [3.8, 4) is 0 Å². The second-order valence-electron chi connectivity index (χ2n) is 3.71. The van der Waals surface area contributed by atoms with E-state index in [1.54, 1.807) is 18.2 Å². The Morgan fingerprint density at radius 1 is 1.18 bits per heavy atom. The van der Waals surface area contributed by atoms with E-state index in [1.807, 2.05) is 13.0 Å². The van der Waals surface area contributed by atoms with Gasteiger partial charge in [0.15, 0.2) is 0 Å². The average molecular weight is 352 g/mol. The van der Waals surface area contributed by atoms with Gasteiger partial charge in [0, 0.05) is 14.9 Å². The minimum Gasteiger partial charge on any atom is -0.383 e. The zero-order valence-electron chi connectivity index (χ0n) is 8.88. The summed E-state index contributed by atoms with van der Waals surface area (Å²) in [5.41, 5.74) is 1.81. The fourth-order valence-electron chi connectivity index (χ4n) is 1.52. The van der Waals surface area contributed by atoms with Gasteiger partial charge in [0.05, 0.1) is 3.79 Å². The summed E-state index contributed by atoms with van der Waals surface area (Å²) >= 11 is 16.8. The lowest BCUT2D eigenvalue weighted by molar-refractivity contribution is 0.224. The van der Waals surface area contributed by atoms with Crippen molar-refractivity contribution < 1.29 is 5.11 Å². The van der Waals surface area contributed by atoms with Gasteiger partial charge in [-0.2, -0.15) is 0 Å². The molecule has 0 aliphatic heterocycles. The van der Waals surface area contributed by atoms with Crippen molar-refractivity contribution in [1.29, 1.82) is 0 Å². The molecule has 1 N–H and O–H groups in total. The zero-order valence-corrected chi connectivity index (χ0v) is 12.8. The molecule has 2 aromatic rings. The highest BCUT2D eigenvalue weighted by molar-refractivity contribution is 9.11. The van der Waals surface area contributed by atoms with E-state index in [-0.39, 0.29) is 0 Å². The lowest BCUT2D eigenvalue weighted by atomic mass is 10.1. The van der Waals surface area contributed by atoms with Crippen LogP contribution in [0.15, 0.2) is 28.1 Å². The van der Waals surface area contributed by atoms with Gasteiger partial charge in [0.2, 0.25) is 0 Å². The van der Waals surface area contributed by atoms with Gasteiger partial charge in [-0.1, -0.05) is 23.2 Å². The fraction of sp³-hybridized carbons (Fsp3) is 0.167. The van der Waals surface area contributed by atoms with E-state index in [1.165, 1.54) is 11.3 Å². The normalized spacial score (nSPS) is 12.8.